The Balaban J connectivity index is 3.56. The second-order valence-corrected chi connectivity index (χ2v) is 5.10. The fraction of sp³-hybridized carbons (Fsp3) is 1.00. The van der Waals surface area contributed by atoms with E-state index in [0.717, 1.165) is 6.42 Å². The van der Waals surface area contributed by atoms with Crippen molar-refractivity contribution in [2.75, 3.05) is 33.0 Å². The van der Waals surface area contributed by atoms with Crippen molar-refractivity contribution < 1.29 is 19.7 Å². The van der Waals surface area contributed by atoms with E-state index in [-0.39, 0.29) is 24.9 Å². The van der Waals surface area contributed by atoms with Crippen LogP contribution in [0.2, 0.25) is 0 Å². The van der Waals surface area contributed by atoms with Gasteiger partial charge in [0.05, 0.1) is 38.6 Å². The number of rotatable bonds is 11. The molecule has 0 heterocycles. The molecule has 2 atom stereocenters. The average molecular weight is 263 g/mol. The Morgan fingerprint density at radius 2 is 1.94 bits per heavy atom. The lowest BCUT2D eigenvalue weighted by Crippen LogP contribution is -2.48. The highest BCUT2D eigenvalue weighted by atomic mass is 16.5. The average Bonchev–Trinajstić information content (AvgIpc) is 2.35. The maximum Gasteiger partial charge on any atom is 0.0897 e. The van der Waals surface area contributed by atoms with E-state index in [1.165, 1.54) is 0 Å². The quantitative estimate of drug-likeness (QED) is 0.475. The summed E-state index contributed by atoms with van der Waals surface area (Å²) >= 11 is 0. The molecule has 0 saturated heterocycles. The molecule has 0 fully saturated rings. The lowest BCUT2D eigenvalue weighted by atomic mass is 10.0. The van der Waals surface area contributed by atoms with Crippen molar-refractivity contribution in [1.29, 1.82) is 0 Å². The maximum atomic E-state index is 9.70. The van der Waals surface area contributed by atoms with Crippen molar-refractivity contribution in [3.63, 3.8) is 0 Å². The number of aliphatic hydroxyl groups is 2. The molecule has 0 amide bonds. The molecule has 0 spiro atoms. The lowest BCUT2D eigenvalue weighted by molar-refractivity contribution is -0.0123. The van der Waals surface area contributed by atoms with Gasteiger partial charge in [0.15, 0.2) is 0 Å². The molecule has 5 nitrogen and oxygen atoms in total. The summed E-state index contributed by atoms with van der Waals surface area (Å²) in [5, 5.41) is 22.0. The normalized spacial score (nSPS) is 16.8. The van der Waals surface area contributed by atoms with Gasteiger partial charge in [0.1, 0.15) is 0 Å². The standard InChI is InChI=1S/C13H29NO4/c1-5-13(4,10-15)14-8-12(16)9-17-6-7-18-11(2)3/h11-12,14-16H,5-10H2,1-4H3. The van der Waals surface area contributed by atoms with Crippen LogP contribution in [0.5, 0.6) is 0 Å². The fourth-order valence-corrected chi connectivity index (χ4v) is 1.28. The minimum atomic E-state index is -0.568. The van der Waals surface area contributed by atoms with Gasteiger partial charge in [-0.05, 0) is 27.2 Å². The molecule has 0 saturated carbocycles. The van der Waals surface area contributed by atoms with Crippen molar-refractivity contribution in [3.8, 4) is 0 Å². The Morgan fingerprint density at radius 3 is 2.44 bits per heavy atom. The van der Waals surface area contributed by atoms with Gasteiger partial charge in [-0.3, -0.25) is 0 Å². The minimum absolute atomic E-state index is 0.0549. The van der Waals surface area contributed by atoms with Gasteiger partial charge in [-0.25, -0.2) is 0 Å². The van der Waals surface area contributed by atoms with E-state index < -0.39 is 6.10 Å². The minimum Gasteiger partial charge on any atom is -0.394 e. The first-order valence-corrected chi connectivity index (χ1v) is 6.67. The highest BCUT2D eigenvalue weighted by Crippen LogP contribution is 2.07. The molecule has 0 aliphatic heterocycles. The predicted octanol–water partition coefficient (Wildman–Crippen LogP) is 0.540. The number of aliphatic hydroxyl groups excluding tert-OH is 2. The van der Waals surface area contributed by atoms with Gasteiger partial charge in [-0.1, -0.05) is 6.92 Å². The lowest BCUT2D eigenvalue weighted by Gasteiger charge is -2.28. The molecule has 0 aromatic rings. The highest BCUT2D eigenvalue weighted by Gasteiger charge is 2.20. The van der Waals surface area contributed by atoms with E-state index >= 15 is 0 Å². The van der Waals surface area contributed by atoms with Crippen LogP contribution in [0.4, 0.5) is 0 Å². The summed E-state index contributed by atoms with van der Waals surface area (Å²) in [5.74, 6) is 0. The molecular weight excluding hydrogens is 234 g/mol. The van der Waals surface area contributed by atoms with Gasteiger partial charge in [0.2, 0.25) is 0 Å². The summed E-state index contributed by atoms with van der Waals surface area (Å²) < 4.78 is 10.6. The molecule has 110 valence electrons. The number of nitrogens with one attached hydrogen (secondary N) is 1. The number of hydrogen-bond donors (Lipinski definition) is 3. The van der Waals surface area contributed by atoms with E-state index in [4.69, 9.17) is 9.47 Å². The molecule has 0 radical (unpaired) electrons. The molecule has 0 aromatic carbocycles. The molecule has 0 bridgehead atoms. The van der Waals surface area contributed by atoms with Crippen molar-refractivity contribution in [3.05, 3.63) is 0 Å². The van der Waals surface area contributed by atoms with Crippen LogP contribution in [0.25, 0.3) is 0 Å². The van der Waals surface area contributed by atoms with Crippen LogP contribution in [-0.2, 0) is 9.47 Å². The van der Waals surface area contributed by atoms with Crippen LogP contribution < -0.4 is 5.32 Å². The van der Waals surface area contributed by atoms with Gasteiger partial charge in [-0.2, -0.15) is 0 Å². The van der Waals surface area contributed by atoms with Gasteiger partial charge in [0, 0.05) is 12.1 Å². The predicted molar refractivity (Wildman–Crippen MR) is 71.7 cm³/mol. The summed E-state index contributed by atoms with van der Waals surface area (Å²) in [4.78, 5) is 0. The zero-order valence-corrected chi connectivity index (χ0v) is 12.1. The second-order valence-electron chi connectivity index (χ2n) is 5.10. The topological polar surface area (TPSA) is 71.0 Å². The number of β-amino-alcohol motifs (C(OH)–C–C–N with tert-alkyl or cyclic N) is 1. The van der Waals surface area contributed by atoms with E-state index in [2.05, 4.69) is 5.32 Å². The van der Waals surface area contributed by atoms with Crippen LogP contribution in [0.15, 0.2) is 0 Å². The van der Waals surface area contributed by atoms with Crippen molar-refractivity contribution in [1.82, 2.24) is 5.32 Å². The van der Waals surface area contributed by atoms with Gasteiger partial charge in [0.25, 0.3) is 0 Å². The third-order valence-electron chi connectivity index (χ3n) is 2.88. The second kappa shape index (κ2) is 9.69. The van der Waals surface area contributed by atoms with E-state index in [1.807, 2.05) is 27.7 Å². The van der Waals surface area contributed by atoms with E-state index in [0.29, 0.717) is 19.8 Å². The zero-order chi connectivity index (χ0) is 14.0. The summed E-state index contributed by atoms with van der Waals surface area (Å²) in [5.41, 5.74) is -0.332. The molecule has 0 rings (SSSR count). The molecule has 0 aliphatic rings. The molecule has 0 aromatic heterocycles. The van der Waals surface area contributed by atoms with Crippen LogP contribution in [0.1, 0.15) is 34.1 Å². The largest absolute Gasteiger partial charge is 0.394 e. The van der Waals surface area contributed by atoms with E-state index in [1.54, 1.807) is 0 Å². The van der Waals surface area contributed by atoms with Crippen molar-refractivity contribution >= 4 is 0 Å². The fourth-order valence-electron chi connectivity index (χ4n) is 1.28. The Bertz CT molecular complexity index is 195. The molecule has 3 N–H and O–H groups in total. The SMILES string of the molecule is CCC(C)(CO)NCC(O)COCCOC(C)C. The van der Waals surface area contributed by atoms with Crippen LogP contribution in [0, 0.1) is 0 Å². The Morgan fingerprint density at radius 1 is 1.28 bits per heavy atom. The Labute approximate surface area is 110 Å². The first-order valence-electron chi connectivity index (χ1n) is 6.67. The highest BCUT2D eigenvalue weighted by molar-refractivity contribution is 4.81. The first kappa shape index (κ1) is 17.8. The van der Waals surface area contributed by atoms with Gasteiger partial charge in [-0.15, -0.1) is 0 Å². The molecule has 5 heteroatoms. The summed E-state index contributed by atoms with van der Waals surface area (Å²) in [6.45, 7) is 9.64. The Hall–Kier alpha value is -0.200. The van der Waals surface area contributed by atoms with Crippen LogP contribution >= 0.6 is 0 Å². The zero-order valence-electron chi connectivity index (χ0n) is 12.1. The van der Waals surface area contributed by atoms with Crippen LogP contribution in [-0.4, -0.2) is 60.9 Å². The smallest absolute Gasteiger partial charge is 0.0897 e. The first-order chi connectivity index (χ1) is 8.43. The Kier molecular flexibility index (Phi) is 9.59. The third-order valence-corrected chi connectivity index (χ3v) is 2.88. The van der Waals surface area contributed by atoms with E-state index in [9.17, 15) is 10.2 Å². The van der Waals surface area contributed by atoms with Gasteiger partial charge < -0.3 is 25.0 Å². The number of hydrogen-bond acceptors (Lipinski definition) is 5. The molecule has 18 heavy (non-hydrogen) atoms. The number of ether oxygens (including phenoxy) is 2. The summed E-state index contributed by atoms with van der Waals surface area (Å²) in [6, 6.07) is 0. The third kappa shape index (κ3) is 8.83. The molecule has 2 unspecified atom stereocenters. The molecule has 0 aliphatic carbocycles. The van der Waals surface area contributed by atoms with Gasteiger partial charge >= 0.3 is 0 Å². The summed E-state index contributed by atoms with van der Waals surface area (Å²) in [7, 11) is 0. The van der Waals surface area contributed by atoms with Crippen molar-refractivity contribution in [2.45, 2.75) is 51.9 Å². The monoisotopic (exact) mass is 263 g/mol. The maximum absolute atomic E-state index is 9.70. The summed E-state index contributed by atoms with van der Waals surface area (Å²) in [6.07, 6.45) is 0.440. The van der Waals surface area contributed by atoms with Crippen molar-refractivity contribution in [2.24, 2.45) is 0 Å². The molecular formula is C13H29NO4. The van der Waals surface area contributed by atoms with Crippen LogP contribution in [0.3, 0.4) is 0 Å².